The Morgan fingerprint density at radius 3 is 1.58 bits per heavy atom. The summed E-state index contributed by atoms with van der Waals surface area (Å²) in [7, 11) is -13.5. The van der Waals surface area contributed by atoms with Gasteiger partial charge in [0.1, 0.15) is 0 Å². The van der Waals surface area contributed by atoms with Crippen LogP contribution in [0.5, 0.6) is 0 Å². The quantitative estimate of drug-likeness (QED) is 0.535. The van der Waals surface area contributed by atoms with Crippen molar-refractivity contribution in [2.24, 2.45) is 0 Å². The summed E-state index contributed by atoms with van der Waals surface area (Å²) >= 11 is 0. The van der Waals surface area contributed by atoms with Gasteiger partial charge in [0.25, 0.3) is 19.7 Å². The molecule has 24 heavy (non-hydrogen) atoms. The number of hydrogen-bond acceptors (Lipinski definition) is 5. The largest absolute Gasteiger partial charge is 0.498 e. The standard InChI is InChI=1S/C10H13F6NO5S2/c1-4-6(18)17-8(2,3)5-7(23(19,20)9(11,12)13)24(21,22)10(14,15)16/h4,7H,1,5H2,2-3H3,(H,17,18). The highest BCUT2D eigenvalue weighted by atomic mass is 32.3. The van der Waals surface area contributed by atoms with Gasteiger partial charge in [-0.3, -0.25) is 4.79 Å². The molecular weight excluding hydrogens is 392 g/mol. The fourth-order valence-electron chi connectivity index (χ4n) is 1.54. The third kappa shape index (κ3) is 4.84. The van der Waals surface area contributed by atoms with Gasteiger partial charge in [-0.05, 0) is 19.9 Å². The van der Waals surface area contributed by atoms with E-state index in [1.807, 2.05) is 5.32 Å². The maximum Gasteiger partial charge on any atom is 0.498 e. The summed E-state index contributed by atoms with van der Waals surface area (Å²) in [5.41, 5.74) is -14.5. The summed E-state index contributed by atoms with van der Waals surface area (Å²) < 4.78 is 117. The van der Waals surface area contributed by atoms with E-state index in [1.54, 1.807) is 0 Å². The molecule has 0 spiro atoms. The van der Waals surface area contributed by atoms with Crippen molar-refractivity contribution in [3.63, 3.8) is 0 Å². The molecule has 0 fully saturated rings. The van der Waals surface area contributed by atoms with E-state index in [1.165, 1.54) is 0 Å². The third-order valence-corrected chi connectivity index (χ3v) is 7.19. The molecule has 0 rings (SSSR count). The maximum absolute atomic E-state index is 12.6. The van der Waals surface area contributed by atoms with Crippen LogP contribution in [0.3, 0.4) is 0 Å². The Morgan fingerprint density at radius 2 is 1.33 bits per heavy atom. The summed E-state index contributed by atoms with van der Waals surface area (Å²) in [4.78, 5) is 11.1. The van der Waals surface area contributed by atoms with Crippen LogP contribution in [0, 0.1) is 0 Å². The van der Waals surface area contributed by atoms with Crippen molar-refractivity contribution in [1.82, 2.24) is 5.32 Å². The molecule has 0 aromatic heterocycles. The maximum atomic E-state index is 12.6. The van der Waals surface area contributed by atoms with E-state index < -0.39 is 53.1 Å². The molecule has 0 aromatic carbocycles. The number of rotatable bonds is 6. The van der Waals surface area contributed by atoms with Crippen LogP contribution >= 0.6 is 0 Å². The molecule has 1 N–H and O–H groups in total. The highest BCUT2D eigenvalue weighted by Crippen LogP contribution is 2.39. The number of halogens is 6. The number of carbonyl (C=O) groups is 1. The average molecular weight is 405 g/mol. The molecular formula is C10H13F6NO5S2. The highest BCUT2D eigenvalue weighted by molar-refractivity contribution is 8.09. The van der Waals surface area contributed by atoms with E-state index in [4.69, 9.17) is 0 Å². The van der Waals surface area contributed by atoms with Gasteiger partial charge in [-0.2, -0.15) is 26.3 Å². The van der Waals surface area contributed by atoms with Crippen molar-refractivity contribution >= 4 is 25.6 Å². The number of sulfone groups is 2. The first-order valence-electron chi connectivity index (χ1n) is 5.84. The van der Waals surface area contributed by atoms with Crippen molar-refractivity contribution < 1.29 is 48.0 Å². The SMILES string of the molecule is C=CC(=O)NC(C)(C)CC(S(=O)(=O)C(F)(F)F)S(=O)(=O)C(F)(F)F. The van der Waals surface area contributed by atoms with Crippen molar-refractivity contribution in [1.29, 1.82) is 0 Å². The third-order valence-electron chi connectivity index (χ3n) is 2.66. The van der Waals surface area contributed by atoms with Gasteiger partial charge in [0.15, 0.2) is 4.58 Å². The minimum absolute atomic E-state index is 0.618. The Bertz CT molecular complexity index is 661. The summed E-state index contributed by atoms with van der Waals surface area (Å²) in [5.74, 6) is -1.05. The Labute approximate surface area is 133 Å². The molecule has 14 heteroatoms. The van der Waals surface area contributed by atoms with Crippen LogP contribution in [0.25, 0.3) is 0 Å². The Kier molecular flexibility index (Phi) is 6.18. The smallest absolute Gasteiger partial charge is 0.348 e. The molecule has 0 aliphatic rings. The number of hydrogen-bond donors (Lipinski definition) is 1. The fourth-order valence-corrected chi connectivity index (χ4v) is 5.39. The van der Waals surface area contributed by atoms with Crippen LogP contribution in [0.4, 0.5) is 26.3 Å². The van der Waals surface area contributed by atoms with Crippen LogP contribution in [0.2, 0.25) is 0 Å². The number of nitrogens with one attached hydrogen (secondary N) is 1. The summed E-state index contributed by atoms with van der Waals surface area (Å²) in [6.45, 7) is 4.71. The number of amides is 1. The topological polar surface area (TPSA) is 97.4 Å². The van der Waals surface area contributed by atoms with Gasteiger partial charge in [-0.15, -0.1) is 0 Å². The average Bonchev–Trinajstić information content (AvgIpc) is 2.32. The van der Waals surface area contributed by atoms with Gasteiger partial charge in [-0.1, -0.05) is 6.58 Å². The van der Waals surface area contributed by atoms with Gasteiger partial charge in [0, 0.05) is 12.0 Å². The molecule has 0 aliphatic heterocycles. The molecule has 6 nitrogen and oxygen atoms in total. The first kappa shape index (κ1) is 22.7. The van der Waals surface area contributed by atoms with Crippen LogP contribution in [0.1, 0.15) is 20.3 Å². The minimum atomic E-state index is -6.74. The van der Waals surface area contributed by atoms with Crippen LogP contribution in [-0.4, -0.2) is 43.9 Å². The lowest BCUT2D eigenvalue weighted by molar-refractivity contribution is -0.118. The van der Waals surface area contributed by atoms with Crippen LogP contribution in [-0.2, 0) is 24.5 Å². The van der Waals surface area contributed by atoms with Crippen LogP contribution < -0.4 is 5.32 Å². The Morgan fingerprint density at radius 1 is 1.00 bits per heavy atom. The molecule has 0 bridgehead atoms. The molecule has 0 saturated heterocycles. The van der Waals surface area contributed by atoms with Gasteiger partial charge < -0.3 is 5.32 Å². The lowest BCUT2D eigenvalue weighted by Gasteiger charge is -2.30. The molecule has 0 atom stereocenters. The zero-order valence-corrected chi connectivity index (χ0v) is 13.8. The highest BCUT2D eigenvalue weighted by Gasteiger charge is 2.63. The van der Waals surface area contributed by atoms with Crippen molar-refractivity contribution in [3.8, 4) is 0 Å². The summed E-state index contributed by atoms with van der Waals surface area (Å²) in [5, 5.41) is 1.86. The molecule has 0 radical (unpaired) electrons. The minimum Gasteiger partial charge on any atom is -0.348 e. The zero-order valence-electron chi connectivity index (χ0n) is 12.2. The van der Waals surface area contributed by atoms with E-state index in [0.29, 0.717) is 6.08 Å². The second-order valence-electron chi connectivity index (χ2n) is 5.19. The molecule has 0 aromatic rings. The van der Waals surface area contributed by atoms with E-state index in [0.717, 1.165) is 13.8 Å². The van der Waals surface area contributed by atoms with E-state index in [-0.39, 0.29) is 0 Å². The van der Waals surface area contributed by atoms with Gasteiger partial charge >= 0.3 is 11.0 Å². The summed E-state index contributed by atoms with van der Waals surface area (Å²) in [6.07, 6.45) is -1.07. The first-order valence-corrected chi connectivity index (χ1v) is 8.94. The molecule has 142 valence electrons. The van der Waals surface area contributed by atoms with Crippen molar-refractivity contribution in [2.45, 2.75) is 41.4 Å². The van der Waals surface area contributed by atoms with Crippen LogP contribution in [0.15, 0.2) is 12.7 Å². The van der Waals surface area contributed by atoms with Crippen molar-refractivity contribution in [3.05, 3.63) is 12.7 Å². The number of alkyl halides is 6. The van der Waals surface area contributed by atoms with Gasteiger partial charge in [0.05, 0.1) is 0 Å². The molecule has 0 heterocycles. The van der Waals surface area contributed by atoms with E-state index in [2.05, 4.69) is 6.58 Å². The first-order chi connectivity index (χ1) is 10.3. The predicted octanol–water partition coefficient (Wildman–Crippen LogP) is 1.65. The normalized spacial score (nSPS) is 14.5. The molecule has 0 unspecified atom stereocenters. The molecule has 0 aliphatic carbocycles. The van der Waals surface area contributed by atoms with Gasteiger partial charge in [0.2, 0.25) is 5.91 Å². The van der Waals surface area contributed by atoms with Crippen molar-refractivity contribution in [2.75, 3.05) is 0 Å². The molecule has 1 amide bonds. The number of carbonyl (C=O) groups excluding carboxylic acids is 1. The Hall–Kier alpha value is -1.31. The lowest BCUT2D eigenvalue weighted by Crippen LogP contribution is -2.52. The lowest BCUT2D eigenvalue weighted by atomic mass is 10.0. The predicted molar refractivity (Wildman–Crippen MR) is 70.8 cm³/mol. The van der Waals surface area contributed by atoms with E-state index >= 15 is 0 Å². The van der Waals surface area contributed by atoms with E-state index in [9.17, 15) is 48.0 Å². The Balaban J connectivity index is 6.24. The van der Waals surface area contributed by atoms with Gasteiger partial charge in [-0.25, -0.2) is 16.8 Å². The zero-order chi connectivity index (χ0) is 19.8. The second-order valence-corrected chi connectivity index (χ2v) is 9.73. The summed E-state index contributed by atoms with van der Waals surface area (Å²) in [6, 6.07) is 0. The second kappa shape index (κ2) is 6.54. The fraction of sp³-hybridized carbons (Fsp3) is 0.700. The monoisotopic (exact) mass is 405 g/mol. The molecule has 0 saturated carbocycles.